The lowest BCUT2D eigenvalue weighted by atomic mass is 10.0. The fraction of sp³-hybridized carbons (Fsp3) is 0. The second-order valence-electron chi connectivity index (χ2n) is 4.20. The molecule has 1 heterocycles. The molecule has 0 unspecified atom stereocenters. The van der Waals surface area contributed by atoms with Crippen LogP contribution in [0.2, 0.25) is 0 Å². The van der Waals surface area contributed by atoms with E-state index in [1.54, 1.807) is 30.6 Å². The number of rotatable bonds is 2. The molecule has 92 valence electrons. The maximum absolute atomic E-state index is 9.28. The third-order valence-corrected chi connectivity index (χ3v) is 2.91. The van der Waals surface area contributed by atoms with E-state index in [-0.39, 0.29) is 5.75 Å². The molecule has 0 atom stereocenters. The van der Waals surface area contributed by atoms with Crippen molar-refractivity contribution in [2.45, 2.75) is 0 Å². The molecule has 0 radical (unpaired) electrons. The molecule has 0 bridgehead atoms. The summed E-state index contributed by atoms with van der Waals surface area (Å²) < 4.78 is 0. The van der Waals surface area contributed by atoms with Gasteiger partial charge in [0.2, 0.25) is 0 Å². The van der Waals surface area contributed by atoms with Gasteiger partial charge in [0.05, 0.1) is 0 Å². The smallest absolute Gasteiger partial charge is 0.159 e. The minimum atomic E-state index is 0.276. The lowest BCUT2D eigenvalue weighted by molar-refractivity contribution is 0.475. The highest BCUT2D eigenvalue weighted by Crippen LogP contribution is 2.24. The Bertz CT molecular complexity index is 661. The molecule has 0 aliphatic heterocycles. The standard InChI is InChI=1S/C16H12N2O/c19-15-8-6-13(7-9-15)12-2-4-14(5-3-12)16-17-10-1-11-18-16/h1-11,19H. The third kappa shape index (κ3) is 2.45. The number of benzene rings is 2. The molecule has 0 aliphatic carbocycles. The van der Waals surface area contributed by atoms with Crippen LogP contribution in [0.25, 0.3) is 22.5 Å². The summed E-state index contributed by atoms with van der Waals surface area (Å²) in [5.74, 6) is 0.998. The molecule has 1 N–H and O–H groups in total. The molecule has 3 heteroatoms. The van der Waals surface area contributed by atoms with Gasteiger partial charge < -0.3 is 5.11 Å². The topological polar surface area (TPSA) is 46.0 Å². The fourth-order valence-corrected chi connectivity index (χ4v) is 1.91. The number of aromatic hydroxyl groups is 1. The number of phenols is 1. The molecule has 0 amide bonds. The number of nitrogens with zero attached hydrogens (tertiary/aromatic N) is 2. The average Bonchev–Trinajstić information content (AvgIpc) is 2.49. The Morgan fingerprint density at radius 1 is 0.632 bits per heavy atom. The minimum Gasteiger partial charge on any atom is -0.508 e. The zero-order valence-electron chi connectivity index (χ0n) is 10.2. The van der Waals surface area contributed by atoms with Crippen molar-refractivity contribution in [2.75, 3.05) is 0 Å². The fourth-order valence-electron chi connectivity index (χ4n) is 1.91. The first-order valence-corrected chi connectivity index (χ1v) is 6.00. The van der Waals surface area contributed by atoms with E-state index in [1.807, 2.05) is 36.4 Å². The van der Waals surface area contributed by atoms with Crippen LogP contribution >= 0.6 is 0 Å². The molecule has 3 nitrogen and oxygen atoms in total. The van der Waals surface area contributed by atoms with Crippen LogP contribution < -0.4 is 0 Å². The summed E-state index contributed by atoms with van der Waals surface area (Å²) in [7, 11) is 0. The van der Waals surface area contributed by atoms with E-state index in [2.05, 4.69) is 9.97 Å². The van der Waals surface area contributed by atoms with E-state index in [4.69, 9.17) is 0 Å². The van der Waals surface area contributed by atoms with Crippen LogP contribution in [0.15, 0.2) is 67.0 Å². The van der Waals surface area contributed by atoms with Crippen LogP contribution in [0.4, 0.5) is 0 Å². The monoisotopic (exact) mass is 248 g/mol. The van der Waals surface area contributed by atoms with E-state index >= 15 is 0 Å². The molecular weight excluding hydrogens is 236 g/mol. The van der Waals surface area contributed by atoms with Gasteiger partial charge in [0.1, 0.15) is 5.75 Å². The maximum atomic E-state index is 9.28. The summed E-state index contributed by atoms with van der Waals surface area (Å²) in [4.78, 5) is 8.44. The Labute approximate surface area is 111 Å². The van der Waals surface area contributed by atoms with Gasteiger partial charge in [-0.1, -0.05) is 36.4 Å². The van der Waals surface area contributed by atoms with Crippen LogP contribution in [0.5, 0.6) is 5.75 Å². The molecule has 0 saturated heterocycles. The highest BCUT2D eigenvalue weighted by atomic mass is 16.3. The highest BCUT2D eigenvalue weighted by molar-refractivity contribution is 5.68. The first-order valence-electron chi connectivity index (χ1n) is 6.00. The number of aromatic nitrogens is 2. The van der Waals surface area contributed by atoms with Gasteiger partial charge in [-0.3, -0.25) is 0 Å². The van der Waals surface area contributed by atoms with Crippen molar-refractivity contribution < 1.29 is 5.11 Å². The average molecular weight is 248 g/mol. The van der Waals surface area contributed by atoms with E-state index in [9.17, 15) is 5.11 Å². The summed E-state index contributed by atoms with van der Waals surface area (Å²) in [6.07, 6.45) is 3.46. The Morgan fingerprint density at radius 3 is 1.68 bits per heavy atom. The van der Waals surface area contributed by atoms with Gasteiger partial charge in [0.25, 0.3) is 0 Å². The van der Waals surface area contributed by atoms with E-state index in [0.717, 1.165) is 22.5 Å². The zero-order valence-corrected chi connectivity index (χ0v) is 10.2. The predicted molar refractivity (Wildman–Crippen MR) is 74.6 cm³/mol. The van der Waals surface area contributed by atoms with Crippen LogP contribution in [-0.4, -0.2) is 15.1 Å². The first-order chi connectivity index (χ1) is 9.33. The lowest BCUT2D eigenvalue weighted by Crippen LogP contribution is -1.86. The van der Waals surface area contributed by atoms with Crippen molar-refractivity contribution in [3.05, 3.63) is 67.0 Å². The Hall–Kier alpha value is -2.68. The van der Waals surface area contributed by atoms with E-state index in [1.165, 1.54) is 0 Å². The van der Waals surface area contributed by atoms with Crippen molar-refractivity contribution in [2.24, 2.45) is 0 Å². The summed E-state index contributed by atoms with van der Waals surface area (Å²) in [6.45, 7) is 0. The molecule has 19 heavy (non-hydrogen) atoms. The van der Waals surface area contributed by atoms with Gasteiger partial charge in [-0.15, -0.1) is 0 Å². The van der Waals surface area contributed by atoms with E-state index in [0.29, 0.717) is 0 Å². The minimum absolute atomic E-state index is 0.276. The van der Waals surface area contributed by atoms with Crippen molar-refractivity contribution in [3.63, 3.8) is 0 Å². The number of phenolic OH excluding ortho intramolecular Hbond substituents is 1. The van der Waals surface area contributed by atoms with Gasteiger partial charge in [0.15, 0.2) is 5.82 Å². The van der Waals surface area contributed by atoms with Crippen LogP contribution in [0, 0.1) is 0 Å². The Kier molecular flexibility index (Phi) is 2.94. The lowest BCUT2D eigenvalue weighted by Gasteiger charge is -2.04. The summed E-state index contributed by atoms with van der Waals surface area (Å²) in [5, 5.41) is 9.28. The Morgan fingerprint density at radius 2 is 1.11 bits per heavy atom. The van der Waals surface area contributed by atoms with Gasteiger partial charge in [-0.2, -0.15) is 0 Å². The van der Waals surface area contributed by atoms with Gasteiger partial charge in [-0.25, -0.2) is 9.97 Å². The van der Waals surface area contributed by atoms with Gasteiger partial charge in [-0.05, 0) is 29.3 Å². The maximum Gasteiger partial charge on any atom is 0.159 e. The third-order valence-electron chi connectivity index (χ3n) is 2.91. The SMILES string of the molecule is Oc1ccc(-c2ccc(-c3ncccn3)cc2)cc1. The largest absolute Gasteiger partial charge is 0.508 e. The quantitative estimate of drug-likeness (QED) is 0.754. The molecule has 0 saturated carbocycles. The van der Waals surface area contributed by atoms with Crippen molar-refractivity contribution in [1.82, 2.24) is 9.97 Å². The van der Waals surface area contributed by atoms with Crippen LogP contribution in [0.1, 0.15) is 0 Å². The first kappa shape index (κ1) is 11.4. The molecule has 2 aromatic carbocycles. The molecule has 0 aliphatic rings. The van der Waals surface area contributed by atoms with Crippen LogP contribution in [0.3, 0.4) is 0 Å². The van der Waals surface area contributed by atoms with Crippen molar-refractivity contribution in [1.29, 1.82) is 0 Å². The molecule has 3 rings (SSSR count). The second kappa shape index (κ2) is 4.90. The second-order valence-corrected chi connectivity index (χ2v) is 4.20. The zero-order chi connectivity index (χ0) is 13.1. The van der Waals surface area contributed by atoms with Crippen molar-refractivity contribution >= 4 is 0 Å². The highest BCUT2D eigenvalue weighted by Gasteiger charge is 2.01. The van der Waals surface area contributed by atoms with Gasteiger partial charge >= 0.3 is 0 Å². The molecule has 3 aromatic rings. The Balaban J connectivity index is 1.93. The normalized spacial score (nSPS) is 10.3. The molecule has 0 spiro atoms. The van der Waals surface area contributed by atoms with E-state index < -0.39 is 0 Å². The number of hydrogen-bond acceptors (Lipinski definition) is 3. The summed E-state index contributed by atoms with van der Waals surface area (Å²) in [6, 6.07) is 17.0. The van der Waals surface area contributed by atoms with Gasteiger partial charge in [0, 0.05) is 18.0 Å². The summed E-state index contributed by atoms with van der Waals surface area (Å²) >= 11 is 0. The molecular formula is C16H12N2O. The number of hydrogen-bond donors (Lipinski definition) is 1. The predicted octanol–water partition coefficient (Wildman–Crippen LogP) is 3.52. The summed E-state index contributed by atoms with van der Waals surface area (Å²) in [5.41, 5.74) is 3.15. The molecule has 1 aromatic heterocycles. The van der Waals surface area contributed by atoms with Crippen LogP contribution in [-0.2, 0) is 0 Å². The van der Waals surface area contributed by atoms with Crippen molar-refractivity contribution in [3.8, 4) is 28.3 Å². The molecule has 0 fully saturated rings.